The quantitative estimate of drug-likeness (QED) is 0.526. The van der Waals surface area contributed by atoms with Crippen LogP contribution >= 0.6 is 0 Å². The van der Waals surface area contributed by atoms with Crippen LogP contribution in [0.3, 0.4) is 0 Å². The second-order valence-electron chi connectivity index (χ2n) is 10.5. The van der Waals surface area contributed by atoms with E-state index in [1.54, 1.807) is 7.11 Å². The molecule has 2 amide bonds. The normalized spacial score (nSPS) is 23.6. The van der Waals surface area contributed by atoms with Crippen LogP contribution in [0, 0.1) is 0 Å². The van der Waals surface area contributed by atoms with Crippen LogP contribution in [0.25, 0.3) is 0 Å². The van der Waals surface area contributed by atoms with Crippen molar-refractivity contribution in [2.45, 2.75) is 88.3 Å². The smallest absolute Gasteiger partial charge is 0.254 e. The maximum absolute atomic E-state index is 14.4. The molecule has 186 valence electrons. The number of benzene rings is 2. The van der Waals surface area contributed by atoms with Gasteiger partial charge in [-0.05, 0) is 55.0 Å². The van der Waals surface area contributed by atoms with E-state index < -0.39 is 5.92 Å². The first-order valence-electron chi connectivity index (χ1n) is 13.4. The summed E-state index contributed by atoms with van der Waals surface area (Å²) in [4.78, 5) is 32.5. The maximum Gasteiger partial charge on any atom is 0.254 e. The molecular weight excluding hydrogens is 436 g/mol. The minimum Gasteiger partial charge on any atom is -0.497 e. The van der Waals surface area contributed by atoms with Crippen LogP contribution in [-0.2, 0) is 4.79 Å². The van der Waals surface area contributed by atoms with Crippen LogP contribution in [0.15, 0.2) is 48.5 Å². The van der Waals surface area contributed by atoms with Crippen molar-refractivity contribution in [1.82, 2.24) is 9.80 Å². The first-order chi connectivity index (χ1) is 17.1. The molecule has 35 heavy (non-hydrogen) atoms. The Kier molecular flexibility index (Phi) is 7.12. The number of rotatable bonds is 5. The summed E-state index contributed by atoms with van der Waals surface area (Å²) < 4.78 is 5.41. The number of likely N-dealkylation sites (N-methyl/N-ethyl adjacent to an activating group) is 1. The highest BCUT2D eigenvalue weighted by molar-refractivity contribution is 6.01. The zero-order chi connectivity index (χ0) is 24.4. The first kappa shape index (κ1) is 23.9. The number of carbonyl (C=O) groups excluding carboxylic acids is 2. The fourth-order valence-electron chi connectivity index (χ4n) is 6.60. The molecule has 2 aliphatic carbocycles. The van der Waals surface area contributed by atoms with E-state index >= 15 is 0 Å². The molecule has 5 nitrogen and oxygen atoms in total. The molecule has 0 radical (unpaired) electrons. The summed E-state index contributed by atoms with van der Waals surface area (Å²) in [7, 11) is 3.64. The molecule has 2 aromatic rings. The number of fused-ring (bicyclic) bond motifs is 1. The Labute approximate surface area is 209 Å². The third kappa shape index (κ3) is 4.57. The Bertz CT molecular complexity index is 1040. The van der Waals surface area contributed by atoms with Crippen LogP contribution < -0.4 is 4.74 Å². The molecule has 0 N–H and O–H groups in total. The Morgan fingerprint density at radius 1 is 0.886 bits per heavy atom. The maximum atomic E-state index is 14.4. The van der Waals surface area contributed by atoms with E-state index in [-0.39, 0.29) is 29.9 Å². The van der Waals surface area contributed by atoms with Crippen LogP contribution in [0.5, 0.6) is 5.75 Å². The third-order valence-corrected chi connectivity index (χ3v) is 8.54. The average Bonchev–Trinajstić information content (AvgIpc) is 2.93. The minimum absolute atomic E-state index is 0.0673. The Balaban J connectivity index is 1.62. The van der Waals surface area contributed by atoms with E-state index in [1.807, 2.05) is 60.5 Å². The summed E-state index contributed by atoms with van der Waals surface area (Å²) in [5.74, 6) is 0.574. The Hall–Kier alpha value is -2.82. The molecule has 1 aliphatic heterocycles. The Morgan fingerprint density at radius 3 is 2.17 bits per heavy atom. The standard InChI is InChI=1S/C30H38N2O3/c1-31(22-11-5-3-6-12-22)30(34)27-25-15-9-10-16-26(25)29(33)32(23-13-7-4-8-14-23)28(27)21-17-19-24(35-2)20-18-21/h9-10,15-20,22-23,27-28H,3-8,11-14H2,1-2H3/t27-,28+/m1/s1. The second kappa shape index (κ2) is 10.4. The van der Waals surface area contributed by atoms with Crippen molar-refractivity contribution in [2.75, 3.05) is 14.2 Å². The van der Waals surface area contributed by atoms with Gasteiger partial charge in [-0.3, -0.25) is 9.59 Å². The highest BCUT2D eigenvalue weighted by Crippen LogP contribution is 2.47. The van der Waals surface area contributed by atoms with E-state index in [4.69, 9.17) is 4.74 Å². The largest absolute Gasteiger partial charge is 0.497 e. The van der Waals surface area contributed by atoms with Gasteiger partial charge in [0.25, 0.3) is 5.91 Å². The van der Waals surface area contributed by atoms with Gasteiger partial charge in [0.1, 0.15) is 5.75 Å². The van der Waals surface area contributed by atoms with Crippen molar-refractivity contribution in [1.29, 1.82) is 0 Å². The third-order valence-electron chi connectivity index (χ3n) is 8.54. The molecule has 2 fully saturated rings. The van der Waals surface area contributed by atoms with E-state index in [1.165, 1.54) is 25.7 Å². The van der Waals surface area contributed by atoms with Crippen LogP contribution in [0.1, 0.15) is 97.7 Å². The monoisotopic (exact) mass is 474 g/mol. The van der Waals surface area contributed by atoms with Crippen molar-refractivity contribution in [3.63, 3.8) is 0 Å². The molecule has 0 bridgehead atoms. The molecule has 0 aromatic heterocycles. The van der Waals surface area contributed by atoms with Gasteiger partial charge in [0.2, 0.25) is 5.91 Å². The lowest BCUT2D eigenvalue weighted by Gasteiger charge is -2.48. The molecule has 2 aromatic carbocycles. The molecule has 2 atom stereocenters. The molecule has 0 spiro atoms. The van der Waals surface area contributed by atoms with Gasteiger partial charge in [-0.2, -0.15) is 0 Å². The zero-order valence-electron chi connectivity index (χ0n) is 21.1. The number of hydrogen-bond acceptors (Lipinski definition) is 3. The summed E-state index contributed by atoms with van der Waals surface area (Å²) in [6, 6.07) is 15.9. The fraction of sp³-hybridized carbons (Fsp3) is 0.533. The molecule has 5 rings (SSSR count). The number of ether oxygens (including phenoxy) is 1. The number of methoxy groups -OCH3 is 1. The van der Waals surface area contributed by atoms with Crippen LogP contribution in [0.4, 0.5) is 0 Å². The van der Waals surface area contributed by atoms with E-state index in [0.29, 0.717) is 5.56 Å². The predicted octanol–water partition coefficient (Wildman–Crippen LogP) is 6.10. The number of hydrogen-bond donors (Lipinski definition) is 0. The van der Waals surface area contributed by atoms with Crippen molar-refractivity contribution in [2.24, 2.45) is 0 Å². The lowest BCUT2D eigenvalue weighted by Crippen LogP contribution is -2.53. The van der Waals surface area contributed by atoms with Crippen molar-refractivity contribution in [3.05, 3.63) is 65.2 Å². The van der Waals surface area contributed by atoms with Crippen molar-refractivity contribution >= 4 is 11.8 Å². The molecule has 0 unspecified atom stereocenters. The van der Waals surface area contributed by atoms with E-state index in [0.717, 1.165) is 55.4 Å². The SMILES string of the molecule is COc1ccc([C@H]2[C@H](C(=O)N(C)C3CCCCC3)c3ccccc3C(=O)N2C2CCCCC2)cc1. The van der Waals surface area contributed by atoms with Gasteiger partial charge in [0.15, 0.2) is 0 Å². The zero-order valence-corrected chi connectivity index (χ0v) is 21.1. The summed E-state index contributed by atoms with van der Waals surface area (Å²) in [5.41, 5.74) is 2.57. The molecule has 2 saturated carbocycles. The molecular formula is C30H38N2O3. The first-order valence-corrected chi connectivity index (χ1v) is 13.4. The fourth-order valence-corrected chi connectivity index (χ4v) is 6.60. The highest BCUT2D eigenvalue weighted by atomic mass is 16.5. The highest BCUT2D eigenvalue weighted by Gasteiger charge is 2.48. The van der Waals surface area contributed by atoms with Gasteiger partial charge >= 0.3 is 0 Å². The van der Waals surface area contributed by atoms with Gasteiger partial charge in [0, 0.05) is 24.7 Å². The lowest BCUT2D eigenvalue weighted by atomic mass is 9.76. The summed E-state index contributed by atoms with van der Waals surface area (Å²) in [6.07, 6.45) is 11.2. The summed E-state index contributed by atoms with van der Waals surface area (Å²) >= 11 is 0. The van der Waals surface area contributed by atoms with Crippen molar-refractivity contribution in [3.8, 4) is 5.75 Å². The van der Waals surface area contributed by atoms with E-state index in [2.05, 4.69) is 4.90 Å². The average molecular weight is 475 g/mol. The van der Waals surface area contributed by atoms with Gasteiger partial charge in [0.05, 0.1) is 19.1 Å². The number of carbonyl (C=O) groups is 2. The summed E-state index contributed by atoms with van der Waals surface area (Å²) in [6.45, 7) is 0. The molecule has 1 heterocycles. The molecule has 5 heteroatoms. The van der Waals surface area contributed by atoms with Crippen molar-refractivity contribution < 1.29 is 14.3 Å². The Morgan fingerprint density at radius 2 is 1.51 bits per heavy atom. The van der Waals surface area contributed by atoms with Gasteiger partial charge < -0.3 is 14.5 Å². The summed E-state index contributed by atoms with van der Waals surface area (Å²) in [5, 5.41) is 0. The van der Waals surface area contributed by atoms with E-state index in [9.17, 15) is 9.59 Å². The molecule has 3 aliphatic rings. The number of amides is 2. The van der Waals surface area contributed by atoms with Crippen LogP contribution in [0.2, 0.25) is 0 Å². The minimum atomic E-state index is -0.411. The lowest BCUT2D eigenvalue weighted by molar-refractivity contribution is -0.136. The predicted molar refractivity (Wildman–Crippen MR) is 138 cm³/mol. The van der Waals surface area contributed by atoms with Gasteiger partial charge in [-0.1, -0.05) is 68.9 Å². The topological polar surface area (TPSA) is 49.9 Å². The van der Waals surface area contributed by atoms with Crippen LogP contribution in [-0.4, -0.2) is 47.9 Å². The second-order valence-corrected chi connectivity index (χ2v) is 10.5. The van der Waals surface area contributed by atoms with Gasteiger partial charge in [-0.25, -0.2) is 0 Å². The molecule has 0 saturated heterocycles. The van der Waals surface area contributed by atoms with Gasteiger partial charge in [-0.15, -0.1) is 0 Å². The number of nitrogens with zero attached hydrogens (tertiary/aromatic N) is 2.